The number of carbonyl (C=O) groups is 1. The number of nitrogens with zero attached hydrogens (tertiary/aromatic N) is 1. The first-order valence-electron chi connectivity index (χ1n) is 8.32. The Kier molecular flexibility index (Phi) is 7.01. The second-order valence-electron chi connectivity index (χ2n) is 5.70. The maximum absolute atomic E-state index is 10.7. The van der Waals surface area contributed by atoms with Crippen molar-refractivity contribution in [1.29, 1.82) is 0 Å². The van der Waals surface area contributed by atoms with E-state index in [1.165, 1.54) is 18.1 Å². The van der Waals surface area contributed by atoms with E-state index >= 15 is 0 Å². The van der Waals surface area contributed by atoms with E-state index in [1.54, 1.807) is 6.21 Å². The summed E-state index contributed by atoms with van der Waals surface area (Å²) in [7, 11) is 0. The van der Waals surface area contributed by atoms with Gasteiger partial charge in [0.15, 0.2) is 0 Å². The van der Waals surface area contributed by atoms with Crippen LogP contribution in [0.4, 0.5) is 0 Å². The lowest BCUT2D eigenvalue weighted by Crippen LogP contribution is -2.12. The number of hydrogen-bond acceptors (Lipinski definition) is 4. The minimum absolute atomic E-state index is 0.198. The van der Waals surface area contributed by atoms with Crippen molar-refractivity contribution in [1.82, 2.24) is 5.43 Å². The highest BCUT2D eigenvalue weighted by atomic mass is 16.5. The van der Waals surface area contributed by atoms with E-state index in [4.69, 9.17) is 9.47 Å². The molecule has 25 heavy (non-hydrogen) atoms. The van der Waals surface area contributed by atoms with Gasteiger partial charge in [-0.15, -0.1) is 0 Å². The van der Waals surface area contributed by atoms with Gasteiger partial charge in [0, 0.05) is 6.92 Å². The lowest BCUT2D eigenvalue weighted by atomic mass is 10.1. The minimum Gasteiger partial charge on any atom is -0.490 e. The molecule has 2 aromatic rings. The van der Waals surface area contributed by atoms with Crippen molar-refractivity contribution in [3.63, 3.8) is 0 Å². The van der Waals surface area contributed by atoms with E-state index in [0.717, 1.165) is 23.5 Å². The average molecular weight is 340 g/mol. The van der Waals surface area contributed by atoms with Crippen molar-refractivity contribution < 1.29 is 14.3 Å². The highest BCUT2D eigenvalue weighted by molar-refractivity contribution is 5.81. The smallest absolute Gasteiger partial charge is 0.236 e. The van der Waals surface area contributed by atoms with Crippen LogP contribution in [0.15, 0.2) is 47.6 Å². The molecule has 0 unspecified atom stereocenters. The fourth-order valence-electron chi connectivity index (χ4n) is 2.28. The summed E-state index contributed by atoms with van der Waals surface area (Å²) in [5.74, 6) is 1.44. The zero-order valence-electron chi connectivity index (χ0n) is 14.9. The molecule has 0 spiro atoms. The third-order valence-electron chi connectivity index (χ3n) is 3.46. The molecule has 2 rings (SSSR count). The van der Waals surface area contributed by atoms with Crippen LogP contribution in [-0.4, -0.2) is 25.3 Å². The first-order valence-corrected chi connectivity index (χ1v) is 8.32. The van der Waals surface area contributed by atoms with Gasteiger partial charge in [-0.2, -0.15) is 5.10 Å². The van der Waals surface area contributed by atoms with Crippen LogP contribution in [-0.2, 0) is 11.2 Å². The van der Waals surface area contributed by atoms with Crippen LogP contribution < -0.4 is 14.9 Å². The summed E-state index contributed by atoms with van der Waals surface area (Å²) >= 11 is 0. The van der Waals surface area contributed by atoms with Gasteiger partial charge in [0.25, 0.3) is 0 Å². The molecule has 0 aliphatic heterocycles. The summed E-state index contributed by atoms with van der Waals surface area (Å²) in [6, 6.07) is 13.7. The number of ether oxygens (including phenoxy) is 2. The molecule has 0 aliphatic rings. The second kappa shape index (κ2) is 9.47. The molecule has 2 aromatic carbocycles. The number of amides is 1. The molecule has 0 saturated carbocycles. The van der Waals surface area contributed by atoms with Crippen molar-refractivity contribution in [2.75, 3.05) is 13.2 Å². The zero-order chi connectivity index (χ0) is 18.1. The molecule has 1 amide bonds. The lowest BCUT2D eigenvalue weighted by Gasteiger charge is -2.10. The van der Waals surface area contributed by atoms with Gasteiger partial charge in [-0.05, 0) is 66.4 Å². The third kappa shape index (κ3) is 6.67. The fourth-order valence-corrected chi connectivity index (χ4v) is 2.28. The summed E-state index contributed by atoms with van der Waals surface area (Å²) in [4.78, 5) is 10.7. The van der Waals surface area contributed by atoms with Crippen molar-refractivity contribution in [3.05, 3.63) is 59.2 Å². The van der Waals surface area contributed by atoms with Crippen molar-refractivity contribution in [2.24, 2.45) is 5.10 Å². The molecule has 0 atom stereocenters. The summed E-state index contributed by atoms with van der Waals surface area (Å²) < 4.78 is 11.4. The van der Waals surface area contributed by atoms with Gasteiger partial charge in [-0.3, -0.25) is 4.79 Å². The maximum Gasteiger partial charge on any atom is 0.236 e. The van der Waals surface area contributed by atoms with Crippen LogP contribution in [0.1, 0.15) is 30.5 Å². The molecule has 0 heterocycles. The summed E-state index contributed by atoms with van der Waals surface area (Å²) in [5, 5.41) is 3.82. The van der Waals surface area contributed by atoms with Crippen LogP contribution in [0.5, 0.6) is 11.5 Å². The Morgan fingerprint density at radius 3 is 2.40 bits per heavy atom. The predicted octanol–water partition coefficient (Wildman–Crippen LogP) is 3.49. The Balaban J connectivity index is 1.77. The Morgan fingerprint density at radius 2 is 1.76 bits per heavy atom. The number of benzene rings is 2. The molecular formula is C20H24N2O3. The minimum atomic E-state index is -0.198. The predicted molar refractivity (Wildman–Crippen MR) is 99.4 cm³/mol. The highest BCUT2D eigenvalue weighted by Gasteiger charge is 2.00. The number of hydrazone groups is 1. The molecule has 0 aromatic heterocycles. The van der Waals surface area contributed by atoms with Crippen molar-refractivity contribution >= 4 is 12.1 Å². The van der Waals surface area contributed by atoms with Gasteiger partial charge < -0.3 is 9.47 Å². The number of rotatable bonds is 8. The maximum atomic E-state index is 10.7. The van der Waals surface area contributed by atoms with Crippen LogP contribution in [0, 0.1) is 6.92 Å². The molecule has 5 heteroatoms. The Labute approximate surface area is 148 Å². The summed E-state index contributed by atoms with van der Waals surface area (Å²) in [6.07, 6.45) is 2.57. The molecular weight excluding hydrogens is 316 g/mol. The third-order valence-corrected chi connectivity index (χ3v) is 3.46. The first kappa shape index (κ1) is 18.5. The van der Waals surface area contributed by atoms with E-state index in [2.05, 4.69) is 36.5 Å². The molecule has 0 bridgehead atoms. The van der Waals surface area contributed by atoms with Crippen LogP contribution in [0.3, 0.4) is 0 Å². The van der Waals surface area contributed by atoms with Gasteiger partial charge in [0.1, 0.15) is 24.7 Å². The van der Waals surface area contributed by atoms with Gasteiger partial charge in [-0.25, -0.2) is 5.43 Å². The van der Waals surface area contributed by atoms with Gasteiger partial charge in [0.2, 0.25) is 5.91 Å². The second-order valence-corrected chi connectivity index (χ2v) is 5.70. The average Bonchev–Trinajstić information content (AvgIpc) is 2.59. The monoisotopic (exact) mass is 340 g/mol. The SMILES string of the molecule is CCc1cc(C)cc(OCCOc2ccc(C=NNC(C)=O)cc2)c1. The lowest BCUT2D eigenvalue weighted by molar-refractivity contribution is -0.118. The van der Waals surface area contributed by atoms with E-state index in [9.17, 15) is 4.79 Å². The topological polar surface area (TPSA) is 59.9 Å². The summed E-state index contributed by atoms with van der Waals surface area (Å²) in [6.45, 7) is 6.56. The summed E-state index contributed by atoms with van der Waals surface area (Å²) in [5.41, 5.74) is 5.71. The Morgan fingerprint density at radius 1 is 1.08 bits per heavy atom. The van der Waals surface area contributed by atoms with Gasteiger partial charge in [-0.1, -0.05) is 13.0 Å². The molecule has 5 nitrogen and oxygen atoms in total. The van der Waals surface area contributed by atoms with Crippen molar-refractivity contribution in [2.45, 2.75) is 27.2 Å². The number of aryl methyl sites for hydroxylation is 2. The van der Waals surface area contributed by atoms with Gasteiger partial charge in [0.05, 0.1) is 6.21 Å². The van der Waals surface area contributed by atoms with Crippen LogP contribution in [0.2, 0.25) is 0 Å². The van der Waals surface area contributed by atoms with E-state index in [-0.39, 0.29) is 5.91 Å². The molecule has 132 valence electrons. The number of nitrogens with one attached hydrogen (secondary N) is 1. The molecule has 0 fully saturated rings. The van der Waals surface area contributed by atoms with E-state index < -0.39 is 0 Å². The van der Waals surface area contributed by atoms with Crippen molar-refractivity contribution in [3.8, 4) is 11.5 Å². The van der Waals surface area contributed by atoms with Crippen LogP contribution >= 0.6 is 0 Å². The highest BCUT2D eigenvalue weighted by Crippen LogP contribution is 2.17. The van der Waals surface area contributed by atoms with E-state index in [1.807, 2.05) is 30.3 Å². The fraction of sp³-hybridized carbons (Fsp3) is 0.300. The Bertz CT molecular complexity index is 724. The van der Waals surface area contributed by atoms with E-state index in [0.29, 0.717) is 13.2 Å². The molecule has 1 N–H and O–H groups in total. The molecule has 0 radical (unpaired) electrons. The standard InChI is InChI=1S/C20H24N2O3/c1-4-17-11-15(2)12-20(13-17)25-10-9-24-19-7-5-18(6-8-19)14-21-22-16(3)23/h5-8,11-14H,4,9-10H2,1-3H3,(H,22,23). The largest absolute Gasteiger partial charge is 0.490 e. The van der Waals surface area contributed by atoms with Crippen LogP contribution in [0.25, 0.3) is 0 Å². The number of hydrogen-bond donors (Lipinski definition) is 1. The van der Waals surface area contributed by atoms with Gasteiger partial charge >= 0.3 is 0 Å². The Hall–Kier alpha value is -2.82. The molecule has 0 saturated heterocycles. The zero-order valence-corrected chi connectivity index (χ0v) is 14.9. The number of carbonyl (C=O) groups excluding carboxylic acids is 1. The quantitative estimate of drug-likeness (QED) is 0.455. The molecule has 0 aliphatic carbocycles. The first-order chi connectivity index (χ1) is 12.1. The normalized spacial score (nSPS) is 10.7.